The van der Waals surface area contributed by atoms with E-state index in [0.29, 0.717) is 40.6 Å². The number of hydrogen-bond donors (Lipinski definition) is 2. The molecule has 1 saturated heterocycles. The fourth-order valence-electron chi connectivity index (χ4n) is 5.96. The average molecular weight is 566 g/mol. The Morgan fingerprint density at radius 3 is 2.64 bits per heavy atom. The first-order chi connectivity index (χ1) is 20.4. The fraction of sp³-hybridized carbons (Fsp3) is 0.300. The zero-order valence-electron chi connectivity index (χ0n) is 23.7. The summed E-state index contributed by atoms with van der Waals surface area (Å²) in [5.41, 5.74) is 6.46. The molecule has 0 radical (unpaired) electrons. The molecule has 214 valence electrons. The Hall–Kier alpha value is -4.97. The molecule has 12 heteroatoms. The first kappa shape index (κ1) is 26.0. The van der Waals surface area contributed by atoms with Crippen LogP contribution in [0.5, 0.6) is 0 Å². The molecule has 1 amide bonds. The van der Waals surface area contributed by atoms with Crippen molar-refractivity contribution in [1.82, 2.24) is 29.1 Å². The Labute approximate surface area is 241 Å². The number of rotatable bonds is 5. The number of carbonyl (C=O) groups is 1. The third-order valence-corrected chi connectivity index (χ3v) is 8.05. The van der Waals surface area contributed by atoms with Crippen LogP contribution in [0.1, 0.15) is 34.9 Å². The predicted molar refractivity (Wildman–Crippen MR) is 160 cm³/mol. The lowest BCUT2D eigenvalue weighted by molar-refractivity contribution is 0.0654. The van der Waals surface area contributed by atoms with Crippen molar-refractivity contribution >= 4 is 39.7 Å². The normalized spacial score (nSPS) is 15.0. The van der Waals surface area contributed by atoms with Crippen LogP contribution in [-0.2, 0) is 25.4 Å². The number of para-hydroxylation sites is 1. The molecule has 5 aromatic rings. The van der Waals surface area contributed by atoms with Gasteiger partial charge in [0.15, 0.2) is 0 Å². The molecule has 7 rings (SSSR count). The van der Waals surface area contributed by atoms with Crippen molar-refractivity contribution in [2.24, 2.45) is 14.1 Å². The van der Waals surface area contributed by atoms with Gasteiger partial charge in [0.05, 0.1) is 64.2 Å². The molecule has 0 unspecified atom stereocenters. The van der Waals surface area contributed by atoms with Crippen LogP contribution in [0.3, 0.4) is 0 Å². The van der Waals surface area contributed by atoms with E-state index >= 15 is 0 Å². The third-order valence-electron chi connectivity index (χ3n) is 8.05. The number of ether oxygens (including phenoxy) is 1. The second-order valence-electron chi connectivity index (χ2n) is 10.9. The Morgan fingerprint density at radius 1 is 1.02 bits per heavy atom. The molecule has 2 N–H and O–H groups in total. The van der Waals surface area contributed by atoms with Gasteiger partial charge in [-0.15, -0.1) is 0 Å². The van der Waals surface area contributed by atoms with Crippen LogP contribution < -0.4 is 21.1 Å². The molecule has 1 aromatic carbocycles. The summed E-state index contributed by atoms with van der Waals surface area (Å²) in [4.78, 5) is 33.0. The SMILES string of the molecule is CN1Cc2c(cnn2C2CCOCC2)-c2cccc(Nc3cc(NC(=O)c4cnn(C)c4)nc4ccn(C)c(=O)c34)c21. The maximum atomic E-state index is 13.3. The molecule has 2 aliphatic heterocycles. The molecule has 6 heterocycles. The summed E-state index contributed by atoms with van der Waals surface area (Å²) >= 11 is 0. The number of nitrogens with one attached hydrogen (secondary N) is 2. The van der Waals surface area contributed by atoms with Crippen LogP contribution in [0.2, 0.25) is 0 Å². The van der Waals surface area contributed by atoms with Crippen molar-refractivity contribution < 1.29 is 9.53 Å². The topological polar surface area (TPSA) is 124 Å². The first-order valence-electron chi connectivity index (χ1n) is 13.9. The van der Waals surface area contributed by atoms with E-state index in [-0.39, 0.29) is 11.5 Å². The quantitative estimate of drug-likeness (QED) is 0.330. The molecule has 0 spiro atoms. The van der Waals surface area contributed by atoms with Crippen molar-refractivity contribution in [1.29, 1.82) is 0 Å². The maximum absolute atomic E-state index is 13.3. The lowest BCUT2D eigenvalue weighted by atomic mass is 9.97. The van der Waals surface area contributed by atoms with Crippen LogP contribution in [0, 0.1) is 0 Å². The summed E-state index contributed by atoms with van der Waals surface area (Å²) in [6, 6.07) is 9.91. The van der Waals surface area contributed by atoms with Crippen LogP contribution in [0.4, 0.5) is 22.9 Å². The van der Waals surface area contributed by atoms with Gasteiger partial charge < -0.3 is 24.8 Å². The van der Waals surface area contributed by atoms with E-state index in [4.69, 9.17) is 9.84 Å². The van der Waals surface area contributed by atoms with E-state index in [0.717, 1.165) is 48.6 Å². The van der Waals surface area contributed by atoms with Gasteiger partial charge in [0.1, 0.15) is 5.82 Å². The summed E-state index contributed by atoms with van der Waals surface area (Å²) in [7, 11) is 5.52. The number of nitrogens with zero attached hydrogens (tertiary/aromatic N) is 7. The van der Waals surface area contributed by atoms with Crippen LogP contribution in [0.15, 0.2) is 59.9 Å². The Bertz CT molecular complexity index is 1900. The number of amides is 1. The molecule has 1 fully saturated rings. The van der Waals surface area contributed by atoms with E-state index in [1.807, 2.05) is 18.3 Å². The number of fused-ring (bicyclic) bond motifs is 4. The summed E-state index contributed by atoms with van der Waals surface area (Å²) < 4.78 is 10.8. The zero-order valence-corrected chi connectivity index (χ0v) is 23.7. The minimum absolute atomic E-state index is 0.189. The highest BCUT2D eigenvalue weighted by Gasteiger charge is 2.29. The summed E-state index contributed by atoms with van der Waals surface area (Å²) in [6.45, 7) is 2.21. The molecule has 2 aliphatic rings. The number of anilines is 4. The van der Waals surface area contributed by atoms with E-state index in [2.05, 4.69) is 43.4 Å². The Kier molecular flexibility index (Phi) is 6.27. The van der Waals surface area contributed by atoms with Crippen molar-refractivity contribution in [2.75, 3.05) is 35.8 Å². The largest absolute Gasteiger partial charge is 0.381 e. The molecule has 0 atom stereocenters. The second kappa shape index (κ2) is 10.1. The van der Waals surface area contributed by atoms with Gasteiger partial charge in [-0.25, -0.2) is 4.98 Å². The van der Waals surface area contributed by atoms with Gasteiger partial charge in [-0.1, -0.05) is 12.1 Å². The highest BCUT2D eigenvalue weighted by atomic mass is 16.5. The van der Waals surface area contributed by atoms with Crippen LogP contribution in [0.25, 0.3) is 22.0 Å². The predicted octanol–water partition coefficient (Wildman–Crippen LogP) is 3.83. The van der Waals surface area contributed by atoms with Crippen molar-refractivity contribution in [3.63, 3.8) is 0 Å². The molecule has 4 aromatic heterocycles. The van der Waals surface area contributed by atoms with Crippen molar-refractivity contribution in [2.45, 2.75) is 25.4 Å². The molecule has 0 saturated carbocycles. The number of hydrogen-bond acceptors (Lipinski definition) is 8. The van der Waals surface area contributed by atoms with Gasteiger partial charge in [0.25, 0.3) is 11.5 Å². The summed E-state index contributed by atoms with van der Waals surface area (Å²) in [5.74, 6) is -0.0130. The minimum Gasteiger partial charge on any atom is -0.381 e. The standard InChI is InChI=1S/C30H31N9O3/c1-36-10-7-22-27(30(36)41)24(13-26(34-22)35-29(40)18-14-31-38(3)16-18)33-23-6-4-5-20-21-15-32-39(19-8-11-42-12-9-19)25(21)17-37(2)28(20)23/h4-7,10,13-16,19H,8-9,11-12,17H2,1-3H3,(H2,33,34,35,40). The first-order valence-corrected chi connectivity index (χ1v) is 13.9. The van der Waals surface area contributed by atoms with Gasteiger partial charge in [-0.3, -0.25) is 19.0 Å². The average Bonchev–Trinajstić information content (AvgIpc) is 3.62. The lowest BCUT2D eigenvalue weighted by Crippen LogP contribution is -2.28. The van der Waals surface area contributed by atoms with Gasteiger partial charge >= 0.3 is 0 Å². The van der Waals surface area contributed by atoms with E-state index in [9.17, 15) is 9.59 Å². The number of aryl methyl sites for hydroxylation is 2. The summed E-state index contributed by atoms with van der Waals surface area (Å²) in [6.07, 6.45) is 8.67. The highest BCUT2D eigenvalue weighted by Crippen LogP contribution is 2.45. The molecular weight excluding hydrogens is 534 g/mol. The van der Waals surface area contributed by atoms with Gasteiger partial charge in [-0.2, -0.15) is 10.2 Å². The van der Waals surface area contributed by atoms with Crippen molar-refractivity contribution in [3.8, 4) is 11.1 Å². The minimum atomic E-state index is -0.337. The van der Waals surface area contributed by atoms with E-state index < -0.39 is 0 Å². The fourth-order valence-corrected chi connectivity index (χ4v) is 5.96. The van der Waals surface area contributed by atoms with Crippen molar-refractivity contribution in [3.05, 3.63) is 76.7 Å². The highest BCUT2D eigenvalue weighted by molar-refractivity contribution is 6.05. The number of pyridine rings is 2. The molecule has 12 nitrogen and oxygen atoms in total. The second-order valence-corrected chi connectivity index (χ2v) is 10.9. The Morgan fingerprint density at radius 2 is 1.86 bits per heavy atom. The van der Waals surface area contributed by atoms with Gasteiger partial charge in [0.2, 0.25) is 0 Å². The smallest absolute Gasteiger partial charge is 0.261 e. The monoisotopic (exact) mass is 565 g/mol. The molecule has 42 heavy (non-hydrogen) atoms. The number of carbonyl (C=O) groups excluding carboxylic acids is 1. The number of aromatic nitrogens is 6. The van der Waals surface area contributed by atoms with Gasteiger partial charge in [0, 0.05) is 63.9 Å². The maximum Gasteiger partial charge on any atom is 0.261 e. The van der Waals surface area contributed by atoms with E-state index in [1.54, 1.807) is 43.3 Å². The zero-order chi connectivity index (χ0) is 29.0. The lowest BCUT2D eigenvalue weighted by Gasteiger charge is -2.32. The van der Waals surface area contributed by atoms with Crippen LogP contribution in [-0.4, -0.2) is 55.3 Å². The van der Waals surface area contributed by atoms with E-state index in [1.165, 1.54) is 16.5 Å². The molecular formula is C30H31N9O3. The molecule has 0 bridgehead atoms. The third kappa shape index (κ3) is 4.40. The summed E-state index contributed by atoms with van der Waals surface area (Å²) in [5, 5.41) is 15.7. The Balaban J connectivity index is 1.30. The van der Waals surface area contributed by atoms with Crippen LogP contribution >= 0.6 is 0 Å². The van der Waals surface area contributed by atoms with Gasteiger partial charge in [-0.05, 0) is 25.0 Å². The molecule has 0 aliphatic carbocycles. The number of benzene rings is 1.